The zero-order valence-electron chi connectivity index (χ0n) is 17.2. The van der Waals surface area contributed by atoms with Crippen LogP contribution < -0.4 is 10.3 Å². The number of hydrogen-bond acceptors (Lipinski definition) is 6. The second-order valence-electron chi connectivity index (χ2n) is 7.19. The average molecular weight is 420 g/mol. The van der Waals surface area contributed by atoms with Crippen LogP contribution in [0.3, 0.4) is 0 Å². The van der Waals surface area contributed by atoms with Gasteiger partial charge in [-0.25, -0.2) is 9.67 Å². The van der Waals surface area contributed by atoms with Crippen molar-refractivity contribution in [3.05, 3.63) is 74.5 Å². The van der Waals surface area contributed by atoms with E-state index < -0.39 is 0 Å². The molecule has 6 nitrogen and oxygen atoms in total. The van der Waals surface area contributed by atoms with Crippen LogP contribution in [-0.2, 0) is 6.54 Å². The molecule has 0 fully saturated rings. The Morgan fingerprint density at radius 1 is 1.10 bits per heavy atom. The summed E-state index contributed by atoms with van der Waals surface area (Å²) in [4.78, 5) is 30.4. The minimum Gasteiger partial charge on any atom is -0.497 e. The number of ether oxygens (including phenoxy) is 1. The summed E-state index contributed by atoms with van der Waals surface area (Å²) >= 11 is 1.42. The lowest BCUT2D eigenvalue weighted by Gasteiger charge is -2.10. The number of methoxy groups -OCH3 is 1. The van der Waals surface area contributed by atoms with Crippen molar-refractivity contribution in [2.24, 2.45) is 0 Å². The van der Waals surface area contributed by atoms with Gasteiger partial charge in [0.15, 0.2) is 11.3 Å². The molecule has 152 valence electrons. The fourth-order valence-electron chi connectivity index (χ4n) is 3.46. The standard InChI is InChI=1S/C23H21N3O3S/c1-13-5-10-18(14(2)11-13)19(27)12-26-23(28)21-22(30-15(3)24-21)20(25-26)16-6-8-17(29-4)9-7-16/h5-11H,12H2,1-4H3. The highest BCUT2D eigenvalue weighted by molar-refractivity contribution is 7.19. The molecule has 0 amide bonds. The van der Waals surface area contributed by atoms with Crippen LogP contribution in [0.2, 0.25) is 0 Å². The molecule has 0 radical (unpaired) electrons. The van der Waals surface area contributed by atoms with E-state index in [1.165, 1.54) is 16.0 Å². The second kappa shape index (κ2) is 7.84. The van der Waals surface area contributed by atoms with Crippen molar-refractivity contribution in [1.29, 1.82) is 0 Å². The molecule has 4 aromatic rings. The second-order valence-corrected chi connectivity index (χ2v) is 8.40. The van der Waals surface area contributed by atoms with Crippen LogP contribution >= 0.6 is 11.3 Å². The third-order valence-corrected chi connectivity index (χ3v) is 5.92. The summed E-state index contributed by atoms with van der Waals surface area (Å²) in [6.07, 6.45) is 0. The Kier molecular flexibility index (Phi) is 5.22. The third-order valence-electron chi connectivity index (χ3n) is 4.95. The third kappa shape index (κ3) is 3.64. The van der Waals surface area contributed by atoms with Crippen LogP contribution in [0.5, 0.6) is 5.75 Å². The number of ketones is 1. The number of Topliss-reactive ketones (excluding diaryl/α,β-unsaturated/α-hetero) is 1. The molecule has 30 heavy (non-hydrogen) atoms. The van der Waals surface area contributed by atoms with E-state index in [4.69, 9.17) is 4.74 Å². The van der Waals surface area contributed by atoms with Crippen molar-refractivity contribution < 1.29 is 9.53 Å². The van der Waals surface area contributed by atoms with Crippen LogP contribution in [0.4, 0.5) is 0 Å². The van der Waals surface area contributed by atoms with Crippen LogP contribution in [0.15, 0.2) is 47.3 Å². The molecule has 0 saturated carbocycles. The van der Waals surface area contributed by atoms with Gasteiger partial charge in [-0.3, -0.25) is 9.59 Å². The van der Waals surface area contributed by atoms with Crippen LogP contribution in [0.1, 0.15) is 26.5 Å². The molecule has 2 aromatic heterocycles. The first-order valence-corrected chi connectivity index (χ1v) is 10.3. The topological polar surface area (TPSA) is 74.1 Å². The lowest BCUT2D eigenvalue weighted by atomic mass is 10.0. The number of aromatic nitrogens is 3. The highest BCUT2D eigenvalue weighted by atomic mass is 32.1. The van der Waals surface area contributed by atoms with E-state index in [0.717, 1.165) is 32.1 Å². The largest absolute Gasteiger partial charge is 0.497 e. The van der Waals surface area contributed by atoms with Gasteiger partial charge in [0.05, 0.1) is 16.8 Å². The first-order valence-electron chi connectivity index (χ1n) is 9.50. The monoisotopic (exact) mass is 419 g/mol. The summed E-state index contributed by atoms with van der Waals surface area (Å²) in [5.41, 5.74) is 4.00. The zero-order chi connectivity index (χ0) is 21.4. The maximum Gasteiger partial charge on any atom is 0.294 e. The lowest BCUT2D eigenvalue weighted by Crippen LogP contribution is -2.27. The van der Waals surface area contributed by atoms with Gasteiger partial charge in [-0.15, -0.1) is 11.3 Å². The predicted molar refractivity (Wildman–Crippen MR) is 119 cm³/mol. The normalized spacial score (nSPS) is 11.1. The molecule has 0 spiro atoms. The molecule has 0 aliphatic heterocycles. The van der Waals surface area contributed by atoms with Crippen molar-refractivity contribution >= 4 is 27.3 Å². The summed E-state index contributed by atoms with van der Waals surface area (Å²) in [5.74, 6) is 0.572. The number of thiazole rings is 1. The molecular formula is C23H21N3O3S. The predicted octanol–water partition coefficient (Wildman–Crippen LogP) is 4.34. The number of nitrogens with zero attached hydrogens (tertiary/aromatic N) is 3. The summed E-state index contributed by atoms with van der Waals surface area (Å²) in [6.45, 7) is 5.59. The summed E-state index contributed by atoms with van der Waals surface area (Å²) in [7, 11) is 1.61. The van der Waals surface area contributed by atoms with E-state index in [-0.39, 0.29) is 17.9 Å². The number of rotatable bonds is 5. The van der Waals surface area contributed by atoms with Crippen molar-refractivity contribution in [1.82, 2.24) is 14.8 Å². The highest BCUT2D eigenvalue weighted by Gasteiger charge is 2.19. The minimum atomic E-state index is -0.357. The van der Waals surface area contributed by atoms with Gasteiger partial charge in [-0.1, -0.05) is 23.8 Å². The van der Waals surface area contributed by atoms with Gasteiger partial charge in [-0.05, 0) is 50.6 Å². The quantitative estimate of drug-likeness (QED) is 0.450. The summed E-state index contributed by atoms with van der Waals surface area (Å²) in [5, 5.41) is 5.34. The van der Waals surface area contributed by atoms with E-state index in [1.807, 2.05) is 57.2 Å². The zero-order valence-corrected chi connectivity index (χ0v) is 18.0. The van der Waals surface area contributed by atoms with E-state index >= 15 is 0 Å². The lowest BCUT2D eigenvalue weighted by molar-refractivity contribution is 0.0965. The van der Waals surface area contributed by atoms with E-state index in [9.17, 15) is 9.59 Å². The van der Waals surface area contributed by atoms with Gasteiger partial charge in [0.25, 0.3) is 5.56 Å². The molecule has 7 heteroatoms. The maximum absolute atomic E-state index is 13.0. The summed E-state index contributed by atoms with van der Waals surface area (Å²) in [6, 6.07) is 13.1. The van der Waals surface area contributed by atoms with Gasteiger partial charge in [0, 0.05) is 11.1 Å². The number of carbonyl (C=O) groups is 1. The first kappa shape index (κ1) is 20.0. The molecule has 0 N–H and O–H groups in total. The first-order chi connectivity index (χ1) is 14.4. The minimum absolute atomic E-state index is 0.140. The smallest absolute Gasteiger partial charge is 0.294 e. The molecular weight excluding hydrogens is 398 g/mol. The van der Waals surface area contributed by atoms with Crippen molar-refractivity contribution in [2.45, 2.75) is 27.3 Å². The van der Waals surface area contributed by atoms with Crippen molar-refractivity contribution in [3.8, 4) is 17.0 Å². The number of hydrogen-bond donors (Lipinski definition) is 0. The van der Waals surface area contributed by atoms with Gasteiger partial charge in [0.1, 0.15) is 18.0 Å². The number of fused-ring (bicyclic) bond motifs is 1. The van der Waals surface area contributed by atoms with Gasteiger partial charge < -0.3 is 4.74 Å². The molecule has 2 aromatic carbocycles. The Balaban J connectivity index is 1.82. The SMILES string of the molecule is COc1ccc(-c2nn(CC(=O)c3ccc(C)cc3C)c(=O)c3nc(C)sc23)cc1. The van der Waals surface area contributed by atoms with Crippen LogP contribution in [0, 0.1) is 20.8 Å². The molecule has 0 aliphatic carbocycles. The molecule has 0 atom stereocenters. The van der Waals surface area contributed by atoms with Crippen LogP contribution in [-0.4, -0.2) is 27.7 Å². The molecule has 0 unspecified atom stereocenters. The highest BCUT2D eigenvalue weighted by Crippen LogP contribution is 2.30. The molecule has 0 bridgehead atoms. The number of benzene rings is 2. The number of aryl methyl sites for hydroxylation is 3. The molecule has 0 saturated heterocycles. The summed E-state index contributed by atoms with van der Waals surface area (Å²) < 4.78 is 7.18. The number of carbonyl (C=O) groups excluding carboxylic acids is 1. The fourth-order valence-corrected chi connectivity index (χ4v) is 4.38. The maximum atomic E-state index is 13.0. The Morgan fingerprint density at radius 3 is 2.50 bits per heavy atom. The van der Waals surface area contributed by atoms with Crippen molar-refractivity contribution in [3.63, 3.8) is 0 Å². The molecule has 2 heterocycles. The average Bonchev–Trinajstić information content (AvgIpc) is 3.12. The van der Waals surface area contributed by atoms with Gasteiger partial charge in [-0.2, -0.15) is 5.10 Å². The molecule has 4 rings (SSSR count). The Bertz CT molecular complexity index is 1320. The van der Waals surface area contributed by atoms with Crippen molar-refractivity contribution in [2.75, 3.05) is 7.11 Å². The Morgan fingerprint density at radius 2 is 1.83 bits per heavy atom. The Hall–Kier alpha value is -3.32. The van der Waals surface area contributed by atoms with E-state index in [1.54, 1.807) is 13.2 Å². The molecule has 0 aliphatic rings. The van der Waals surface area contributed by atoms with Crippen LogP contribution in [0.25, 0.3) is 21.5 Å². The van der Waals surface area contributed by atoms with E-state index in [0.29, 0.717) is 16.8 Å². The van der Waals surface area contributed by atoms with Gasteiger partial charge in [0.2, 0.25) is 0 Å². The van der Waals surface area contributed by atoms with Gasteiger partial charge >= 0.3 is 0 Å². The Labute approximate surface area is 177 Å². The fraction of sp³-hybridized carbons (Fsp3) is 0.217. The van der Waals surface area contributed by atoms with E-state index in [2.05, 4.69) is 10.1 Å².